The van der Waals surface area contributed by atoms with Gasteiger partial charge < -0.3 is 19.8 Å². The van der Waals surface area contributed by atoms with Crippen LogP contribution >= 0.6 is 11.6 Å². The highest BCUT2D eigenvalue weighted by molar-refractivity contribution is 6.30. The van der Waals surface area contributed by atoms with Crippen molar-refractivity contribution in [1.82, 2.24) is 15.3 Å². The largest absolute Gasteiger partial charge is 0.493 e. The predicted molar refractivity (Wildman–Crippen MR) is 115 cm³/mol. The zero-order valence-electron chi connectivity index (χ0n) is 16.1. The SMILES string of the molecule is COc1cccc(CNCc2nc3ccccc3[nH]2)c1OCc1cccc(Cl)c1. The van der Waals surface area contributed by atoms with Crippen LogP contribution in [-0.4, -0.2) is 17.1 Å². The number of halogens is 1. The van der Waals surface area contributed by atoms with Crippen LogP contribution < -0.4 is 14.8 Å². The summed E-state index contributed by atoms with van der Waals surface area (Å²) in [6.45, 7) is 1.66. The molecule has 0 aliphatic carbocycles. The summed E-state index contributed by atoms with van der Waals surface area (Å²) < 4.78 is 11.6. The first-order chi connectivity index (χ1) is 14.2. The average Bonchev–Trinajstić information content (AvgIpc) is 3.15. The molecule has 0 amide bonds. The molecule has 5 nitrogen and oxygen atoms in total. The lowest BCUT2D eigenvalue weighted by atomic mass is 10.1. The first-order valence-electron chi connectivity index (χ1n) is 9.40. The van der Waals surface area contributed by atoms with Gasteiger partial charge in [-0.1, -0.05) is 48.0 Å². The van der Waals surface area contributed by atoms with Gasteiger partial charge in [0.2, 0.25) is 0 Å². The molecule has 0 saturated heterocycles. The van der Waals surface area contributed by atoms with Crippen molar-refractivity contribution in [2.45, 2.75) is 19.7 Å². The molecule has 2 N–H and O–H groups in total. The van der Waals surface area contributed by atoms with Crippen LogP contribution in [0, 0.1) is 0 Å². The Morgan fingerprint density at radius 3 is 2.69 bits per heavy atom. The maximum absolute atomic E-state index is 6.10. The van der Waals surface area contributed by atoms with E-state index in [0.717, 1.165) is 33.7 Å². The molecule has 0 radical (unpaired) electrons. The van der Waals surface area contributed by atoms with Gasteiger partial charge in [-0.3, -0.25) is 0 Å². The van der Waals surface area contributed by atoms with Gasteiger partial charge in [-0.2, -0.15) is 0 Å². The van der Waals surface area contributed by atoms with E-state index in [2.05, 4.69) is 15.3 Å². The number of nitrogens with one attached hydrogen (secondary N) is 2. The van der Waals surface area contributed by atoms with Gasteiger partial charge in [0.15, 0.2) is 11.5 Å². The Kier molecular flexibility index (Phi) is 5.98. The number of hydrogen-bond donors (Lipinski definition) is 2. The summed E-state index contributed by atoms with van der Waals surface area (Å²) in [6.07, 6.45) is 0. The van der Waals surface area contributed by atoms with E-state index in [1.807, 2.05) is 66.7 Å². The van der Waals surface area contributed by atoms with Crippen molar-refractivity contribution < 1.29 is 9.47 Å². The Labute approximate surface area is 174 Å². The molecule has 4 aromatic rings. The van der Waals surface area contributed by atoms with Gasteiger partial charge >= 0.3 is 0 Å². The molecule has 4 rings (SSSR count). The summed E-state index contributed by atoms with van der Waals surface area (Å²) in [7, 11) is 1.65. The molecule has 29 heavy (non-hydrogen) atoms. The van der Waals surface area contributed by atoms with Crippen LogP contribution in [0.5, 0.6) is 11.5 Å². The minimum atomic E-state index is 0.414. The maximum Gasteiger partial charge on any atom is 0.166 e. The summed E-state index contributed by atoms with van der Waals surface area (Å²) in [6, 6.07) is 21.5. The standard InChI is InChI=1S/C23H22ClN3O2/c1-28-21-11-5-7-17(23(21)29-15-16-6-4-8-18(24)12-16)13-25-14-22-26-19-9-2-3-10-20(19)27-22/h2-12,25H,13-15H2,1H3,(H,26,27). The molecule has 148 valence electrons. The lowest BCUT2D eigenvalue weighted by Crippen LogP contribution is -2.15. The number of aromatic amines is 1. The van der Waals surface area contributed by atoms with Gasteiger partial charge in [-0.25, -0.2) is 4.98 Å². The third kappa shape index (κ3) is 4.70. The van der Waals surface area contributed by atoms with E-state index in [1.54, 1.807) is 7.11 Å². The van der Waals surface area contributed by atoms with E-state index in [0.29, 0.717) is 30.5 Å². The second kappa shape index (κ2) is 8.99. The molecule has 1 aromatic heterocycles. The highest BCUT2D eigenvalue weighted by atomic mass is 35.5. The van der Waals surface area contributed by atoms with E-state index < -0.39 is 0 Å². The summed E-state index contributed by atoms with van der Waals surface area (Å²) in [5, 5.41) is 4.12. The van der Waals surface area contributed by atoms with Crippen molar-refractivity contribution in [3.8, 4) is 11.5 Å². The number of nitrogens with zero attached hydrogens (tertiary/aromatic N) is 1. The molecular weight excluding hydrogens is 386 g/mol. The second-order valence-corrected chi connectivity index (χ2v) is 7.11. The Morgan fingerprint density at radius 2 is 1.86 bits per heavy atom. The van der Waals surface area contributed by atoms with Gasteiger partial charge in [-0.15, -0.1) is 0 Å². The van der Waals surface area contributed by atoms with E-state index in [9.17, 15) is 0 Å². The lowest BCUT2D eigenvalue weighted by Gasteiger charge is -2.15. The fourth-order valence-electron chi connectivity index (χ4n) is 3.21. The Morgan fingerprint density at radius 1 is 1.00 bits per heavy atom. The monoisotopic (exact) mass is 407 g/mol. The van der Waals surface area contributed by atoms with E-state index in [1.165, 1.54) is 0 Å². The molecule has 0 fully saturated rings. The number of para-hydroxylation sites is 3. The topological polar surface area (TPSA) is 59.2 Å². The highest BCUT2D eigenvalue weighted by Crippen LogP contribution is 2.32. The number of fused-ring (bicyclic) bond motifs is 1. The molecular formula is C23H22ClN3O2. The molecule has 0 unspecified atom stereocenters. The first kappa shape index (κ1) is 19.3. The first-order valence-corrected chi connectivity index (χ1v) is 9.78. The average molecular weight is 408 g/mol. The zero-order valence-corrected chi connectivity index (χ0v) is 16.9. The van der Waals surface area contributed by atoms with Crippen molar-refractivity contribution in [3.63, 3.8) is 0 Å². The maximum atomic E-state index is 6.10. The van der Waals surface area contributed by atoms with Crippen molar-refractivity contribution in [1.29, 1.82) is 0 Å². The lowest BCUT2D eigenvalue weighted by molar-refractivity contribution is 0.280. The van der Waals surface area contributed by atoms with Crippen molar-refractivity contribution in [2.24, 2.45) is 0 Å². The number of imidazole rings is 1. The van der Waals surface area contributed by atoms with Gasteiger partial charge in [0.1, 0.15) is 12.4 Å². The van der Waals surface area contributed by atoms with E-state index >= 15 is 0 Å². The number of rotatable bonds is 8. The fraction of sp³-hybridized carbons (Fsp3) is 0.174. The molecule has 0 aliphatic heterocycles. The van der Waals surface area contributed by atoms with Crippen LogP contribution in [0.15, 0.2) is 66.7 Å². The second-order valence-electron chi connectivity index (χ2n) is 6.67. The molecule has 0 bridgehead atoms. The van der Waals surface area contributed by atoms with Gasteiger partial charge in [0, 0.05) is 17.1 Å². The third-order valence-corrected chi connectivity index (χ3v) is 4.83. The smallest absolute Gasteiger partial charge is 0.166 e. The van der Waals surface area contributed by atoms with Crippen LogP contribution in [0.4, 0.5) is 0 Å². The molecule has 0 atom stereocenters. The number of ether oxygens (including phenoxy) is 2. The van der Waals surface area contributed by atoms with E-state index in [-0.39, 0.29) is 0 Å². The highest BCUT2D eigenvalue weighted by Gasteiger charge is 2.11. The zero-order chi connectivity index (χ0) is 20.1. The quantitative estimate of drug-likeness (QED) is 0.427. The molecule has 0 saturated carbocycles. The van der Waals surface area contributed by atoms with Gasteiger partial charge in [0.05, 0.1) is 24.7 Å². The molecule has 0 spiro atoms. The number of hydrogen-bond acceptors (Lipinski definition) is 4. The van der Waals surface area contributed by atoms with Crippen LogP contribution in [0.1, 0.15) is 17.0 Å². The van der Waals surface area contributed by atoms with Crippen molar-refractivity contribution in [2.75, 3.05) is 7.11 Å². The third-order valence-electron chi connectivity index (χ3n) is 4.60. The van der Waals surface area contributed by atoms with Gasteiger partial charge in [0.25, 0.3) is 0 Å². The normalized spacial score (nSPS) is 11.0. The van der Waals surface area contributed by atoms with Gasteiger partial charge in [-0.05, 0) is 35.9 Å². The number of methoxy groups -OCH3 is 1. The Bertz CT molecular complexity index is 1080. The van der Waals surface area contributed by atoms with Crippen LogP contribution in [0.3, 0.4) is 0 Å². The Balaban J connectivity index is 1.44. The summed E-state index contributed by atoms with van der Waals surface area (Å²) in [4.78, 5) is 7.93. The van der Waals surface area contributed by atoms with Crippen LogP contribution in [-0.2, 0) is 19.7 Å². The molecule has 3 aromatic carbocycles. The molecule has 0 aliphatic rings. The summed E-state index contributed by atoms with van der Waals surface area (Å²) in [5.41, 5.74) is 4.03. The molecule has 6 heteroatoms. The Hall–Kier alpha value is -3.02. The number of benzene rings is 3. The fourth-order valence-corrected chi connectivity index (χ4v) is 3.43. The van der Waals surface area contributed by atoms with Crippen LogP contribution in [0.25, 0.3) is 11.0 Å². The number of aromatic nitrogens is 2. The van der Waals surface area contributed by atoms with Crippen molar-refractivity contribution in [3.05, 3.63) is 88.7 Å². The van der Waals surface area contributed by atoms with Crippen molar-refractivity contribution >= 4 is 22.6 Å². The number of H-pyrrole nitrogens is 1. The summed E-state index contributed by atoms with van der Waals surface area (Å²) >= 11 is 6.07. The molecule has 1 heterocycles. The minimum Gasteiger partial charge on any atom is -0.493 e. The summed E-state index contributed by atoms with van der Waals surface area (Å²) in [5.74, 6) is 2.33. The minimum absolute atomic E-state index is 0.414. The van der Waals surface area contributed by atoms with E-state index in [4.69, 9.17) is 21.1 Å². The predicted octanol–water partition coefficient (Wildman–Crippen LogP) is 5.09. The van der Waals surface area contributed by atoms with Crippen LogP contribution in [0.2, 0.25) is 5.02 Å².